The topological polar surface area (TPSA) is 0 Å². The fourth-order valence-corrected chi connectivity index (χ4v) is 3.63. The zero-order valence-corrected chi connectivity index (χ0v) is 12.3. The maximum atomic E-state index is 2.46. The molecular formula is C21H20. The summed E-state index contributed by atoms with van der Waals surface area (Å²) in [6, 6.07) is 15.7. The lowest BCUT2D eigenvalue weighted by atomic mass is 9.91. The quantitative estimate of drug-likeness (QED) is 0.493. The van der Waals surface area contributed by atoms with Crippen LogP contribution in [0.5, 0.6) is 0 Å². The molecule has 0 fully saturated rings. The number of fused-ring (bicyclic) bond motifs is 3. The molecule has 0 heteroatoms. The molecule has 0 radical (unpaired) electrons. The van der Waals surface area contributed by atoms with Crippen molar-refractivity contribution in [3.63, 3.8) is 0 Å². The summed E-state index contributed by atoms with van der Waals surface area (Å²) in [7, 11) is 0. The molecule has 0 aliphatic heterocycles. The Bertz CT molecular complexity index is 731. The fraction of sp³-hybridized carbons (Fsp3) is 0.238. The summed E-state index contributed by atoms with van der Waals surface area (Å²) >= 11 is 0. The SMILES string of the molecule is C1=CCCC(c2cccc3c2Cc2ccccc2-3)=CCC1. The lowest BCUT2D eigenvalue weighted by Crippen LogP contribution is -1.94. The van der Waals surface area contributed by atoms with Gasteiger partial charge in [0.25, 0.3) is 0 Å². The van der Waals surface area contributed by atoms with Crippen LogP contribution in [0, 0.1) is 0 Å². The molecule has 0 saturated carbocycles. The second-order valence-electron chi connectivity index (χ2n) is 5.98. The Morgan fingerprint density at radius 2 is 1.48 bits per heavy atom. The van der Waals surface area contributed by atoms with Gasteiger partial charge in [0.15, 0.2) is 0 Å². The molecule has 2 aromatic carbocycles. The smallest absolute Gasteiger partial charge is 0.000740 e. The van der Waals surface area contributed by atoms with Gasteiger partial charge < -0.3 is 0 Å². The van der Waals surface area contributed by atoms with Gasteiger partial charge in [-0.3, -0.25) is 0 Å². The Morgan fingerprint density at radius 1 is 0.667 bits per heavy atom. The van der Waals surface area contributed by atoms with Gasteiger partial charge in [-0.1, -0.05) is 60.7 Å². The van der Waals surface area contributed by atoms with E-state index in [0.29, 0.717) is 0 Å². The fourth-order valence-electron chi connectivity index (χ4n) is 3.63. The third-order valence-electron chi connectivity index (χ3n) is 4.67. The van der Waals surface area contributed by atoms with E-state index in [9.17, 15) is 0 Å². The van der Waals surface area contributed by atoms with Crippen LogP contribution in [0.4, 0.5) is 0 Å². The Morgan fingerprint density at radius 3 is 2.48 bits per heavy atom. The van der Waals surface area contributed by atoms with Crippen LogP contribution in [0.15, 0.2) is 60.7 Å². The van der Waals surface area contributed by atoms with Crippen molar-refractivity contribution in [3.05, 3.63) is 77.4 Å². The monoisotopic (exact) mass is 272 g/mol. The minimum atomic E-state index is 1.09. The number of hydrogen-bond acceptors (Lipinski definition) is 0. The van der Waals surface area contributed by atoms with Gasteiger partial charge in [-0.2, -0.15) is 0 Å². The van der Waals surface area contributed by atoms with Crippen molar-refractivity contribution in [2.75, 3.05) is 0 Å². The van der Waals surface area contributed by atoms with E-state index < -0.39 is 0 Å². The summed E-state index contributed by atoms with van der Waals surface area (Å²) in [6.07, 6.45) is 12.9. The first-order valence-electron chi connectivity index (χ1n) is 7.98. The van der Waals surface area contributed by atoms with Crippen LogP contribution in [0.3, 0.4) is 0 Å². The van der Waals surface area contributed by atoms with E-state index in [1.807, 2.05) is 0 Å². The molecule has 0 saturated heterocycles. The van der Waals surface area contributed by atoms with Crippen LogP contribution in [0.2, 0.25) is 0 Å². The average Bonchev–Trinajstić information content (AvgIpc) is 2.86. The van der Waals surface area contributed by atoms with E-state index in [-0.39, 0.29) is 0 Å². The molecule has 0 bridgehead atoms. The highest BCUT2D eigenvalue weighted by Gasteiger charge is 2.21. The van der Waals surface area contributed by atoms with Gasteiger partial charge in [0, 0.05) is 0 Å². The molecule has 0 aromatic heterocycles. The van der Waals surface area contributed by atoms with Crippen molar-refractivity contribution in [2.45, 2.75) is 32.1 Å². The van der Waals surface area contributed by atoms with E-state index in [2.05, 4.69) is 60.7 Å². The summed E-state index contributed by atoms with van der Waals surface area (Å²) in [5.41, 5.74) is 8.92. The van der Waals surface area contributed by atoms with Crippen LogP contribution < -0.4 is 0 Å². The summed E-state index contributed by atoms with van der Waals surface area (Å²) in [4.78, 5) is 0. The van der Waals surface area contributed by atoms with E-state index in [0.717, 1.165) is 6.42 Å². The zero-order valence-electron chi connectivity index (χ0n) is 12.3. The first kappa shape index (κ1) is 12.6. The van der Waals surface area contributed by atoms with Crippen LogP contribution in [0.25, 0.3) is 16.7 Å². The van der Waals surface area contributed by atoms with Crippen LogP contribution in [-0.4, -0.2) is 0 Å². The van der Waals surface area contributed by atoms with Crippen molar-refractivity contribution in [3.8, 4) is 11.1 Å². The molecule has 2 aliphatic rings. The van der Waals surface area contributed by atoms with Gasteiger partial charge in [0.2, 0.25) is 0 Å². The number of benzene rings is 2. The number of rotatable bonds is 1. The first-order valence-corrected chi connectivity index (χ1v) is 7.98. The molecule has 0 unspecified atom stereocenters. The van der Waals surface area contributed by atoms with Crippen molar-refractivity contribution in [1.82, 2.24) is 0 Å². The van der Waals surface area contributed by atoms with Crippen LogP contribution in [-0.2, 0) is 6.42 Å². The second-order valence-corrected chi connectivity index (χ2v) is 5.98. The summed E-state index contributed by atoms with van der Waals surface area (Å²) in [5, 5.41) is 0. The van der Waals surface area contributed by atoms with Crippen molar-refractivity contribution >= 4 is 5.57 Å². The second kappa shape index (κ2) is 5.37. The van der Waals surface area contributed by atoms with E-state index in [4.69, 9.17) is 0 Å². The average molecular weight is 272 g/mol. The minimum absolute atomic E-state index is 1.09. The molecular weight excluding hydrogens is 252 g/mol. The van der Waals surface area contributed by atoms with Gasteiger partial charge in [-0.15, -0.1) is 0 Å². The summed E-state index contributed by atoms with van der Waals surface area (Å²) in [6.45, 7) is 0. The molecule has 21 heavy (non-hydrogen) atoms. The Hall–Kier alpha value is -2.08. The molecule has 0 amide bonds. The Labute approximate surface area is 126 Å². The molecule has 0 nitrogen and oxygen atoms in total. The third-order valence-corrected chi connectivity index (χ3v) is 4.67. The normalized spacial score (nSPS) is 16.7. The highest BCUT2D eigenvalue weighted by molar-refractivity contribution is 5.83. The van der Waals surface area contributed by atoms with Gasteiger partial charge in [0.05, 0.1) is 0 Å². The minimum Gasteiger partial charge on any atom is -0.0882 e. The number of hydrogen-bond donors (Lipinski definition) is 0. The van der Waals surface area contributed by atoms with Crippen molar-refractivity contribution in [1.29, 1.82) is 0 Å². The Kier molecular flexibility index (Phi) is 3.23. The highest BCUT2D eigenvalue weighted by Crippen LogP contribution is 2.41. The molecule has 0 N–H and O–H groups in total. The Balaban J connectivity index is 1.79. The summed E-state index contributed by atoms with van der Waals surface area (Å²) in [5.74, 6) is 0. The largest absolute Gasteiger partial charge is 0.0882 e. The molecule has 4 rings (SSSR count). The predicted octanol–water partition coefficient (Wildman–Crippen LogP) is 5.77. The standard InChI is InChI=1S/C21H20/c1-2-4-9-16(10-5-3-1)18-13-8-14-20-19-12-7-6-11-17(19)15-21(18)20/h1-2,6-8,10-14H,3-5,9,15H2. The van der Waals surface area contributed by atoms with E-state index in [1.165, 1.54) is 53.5 Å². The maximum Gasteiger partial charge on any atom is -0.000740 e. The summed E-state index contributed by atoms with van der Waals surface area (Å²) < 4.78 is 0. The molecule has 0 atom stereocenters. The van der Waals surface area contributed by atoms with Gasteiger partial charge in [-0.25, -0.2) is 0 Å². The van der Waals surface area contributed by atoms with Crippen LogP contribution >= 0.6 is 0 Å². The third kappa shape index (κ3) is 2.25. The molecule has 104 valence electrons. The van der Waals surface area contributed by atoms with E-state index in [1.54, 1.807) is 5.57 Å². The molecule has 2 aromatic rings. The zero-order chi connectivity index (χ0) is 14.1. The molecule has 0 heterocycles. The lowest BCUT2D eigenvalue weighted by Gasteiger charge is -2.13. The first-order chi connectivity index (χ1) is 10.4. The lowest BCUT2D eigenvalue weighted by molar-refractivity contribution is 0.972. The number of allylic oxidation sites excluding steroid dienone is 4. The van der Waals surface area contributed by atoms with E-state index >= 15 is 0 Å². The van der Waals surface area contributed by atoms with Gasteiger partial charge in [0.1, 0.15) is 0 Å². The van der Waals surface area contributed by atoms with Gasteiger partial charge >= 0.3 is 0 Å². The molecule has 2 aliphatic carbocycles. The van der Waals surface area contributed by atoms with Crippen LogP contribution in [0.1, 0.15) is 42.4 Å². The highest BCUT2D eigenvalue weighted by atomic mass is 14.2. The molecule has 0 spiro atoms. The van der Waals surface area contributed by atoms with Crippen molar-refractivity contribution in [2.24, 2.45) is 0 Å². The van der Waals surface area contributed by atoms with Crippen molar-refractivity contribution < 1.29 is 0 Å². The van der Waals surface area contributed by atoms with Gasteiger partial charge in [-0.05, 0) is 65.5 Å². The predicted molar refractivity (Wildman–Crippen MR) is 90.3 cm³/mol. The maximum absolute atomic E-state index is 2.46.